The van der Waals surface area contributed by atoms with E-state index in [0.717, 1.165) is 29.5 Å². The van der Waals surface area contributed by atoms with Crippen LogP contribution < -0.4 is 9.80 Å². The quantitative estimate of drug-likeness (QED) is 0.594. The van der Waals surface area contributed by atoms with Crippen LogP contribution in [-0.2, 0) is 9.59 Å². The molecule has 118 valence electrons. The molecule has 0 bridgehead atoms. The Kier molecular flexibility index (Phi) is 5.13. The van der Waals surface area contributed by atoms with Gasteiger partial charge in [-0.1, -0.05) is 6.42 Å². The molecule has 1 N–H and O–H groups in total. The van der Waals surface area contributed by atoms with Gasteiger partial charge in [-0.25, -0.2) is 4.90 Å². The summed E-state index contributed by atoms with van der Waals surface area (Å²) in [7, 11) is 0. The van der Waals surface area contributed by atoms with Crippen molar-refractivity contribution in [3.63, 3.8) is 0 Å². The highest BCUT2D eigenvalue weighted by molar-refractivity contribution is 14.1. The standard InChI is InChI=1S/C17H21IN2O2/c18-13-6-8-14(9-7-13)20-16(21)12-15(17(20)22)19-10-4-2-1-3-5-11-19/h6-9,15H,1-5,10-12H2/p+1/t15-/m0/s1. The Morgan fingerprint density at radius 2 is 1.55 bits per heavy atom. The lowest BCUT2D eigenvalue weighted by atomic mass is 10.1. The predicted molar refractivity (Wildman–Crippen MR) is 93.8 cm³/mol. The minimum Gasteiger partial charge on any atom is -0.324 e. The molecule has 4 nitrogen and oxygen atoms in total. The molecule has 0 spiro atoms. The van der Waals surface area contributed by atoms with Gasteiger partial charge in [0.15, 0.2) is 6.04 Å². The second kappa shape index (κ2) is 7.08. The van der Waals surface area contributed by atoms with Gasteiger partial charge in [-0.3, -0.25) is 9.59 Å². The van der Waals surface area contributed by atoms with Crippen LogP contribution >= 0.6 is 22.6 Å². The van der Waals surface area contributed by atoms with E-state index in [9.17, 15) is 9.59 Å². The molecule has 2 heterocycles. The fourth-order valence-electron chi connectivity index (χ4n) is 3.52. The zero-order valence-electron chi connectivity index (χ0n) is 12.7. The molecule has 0 radical (unpaired) electrons. The zero-order chi connectivity index (χ0) is 15.5. The number of quaternary nitrogens is 1. The minimum atomic E-state index is -0.176. The maximum absolute atomic E-state index is 12.8. The molecule has 0 aromatic heterocycles. The van der Waals surface area contributed by atoms with E-state index in [1.54, 1.807) is 0 Å². The van der Waals surface area contributed by atoms with E-state index in [1.165, 1.54) is 29.1 Å². The number of rotatable bonds is 2. The summed E-state index contributed by atoms with van der Waals surface area (Å²) in [5, 5.41) is 0. The smallest absolute Gasteiger partial charge is 0.292 e. The van der Waals surface area contributed by atoms with Crippen molar-refractivity contribution in [1.29, 1.82) is 0 Å². The summed E-state index contributed by atoms with van der Waals surface area (Å²) in [5.41, 5.74) is 0.712. The molecule has 1 aromatic carbocycles. The molecule has 0 aliphatic carbocycles. The molecule has 0 saturated carbocycles. The van der Waals surface area contributed by atoms with E-state index in [-0.39, 0.29) is 17.9 Å². The van der Waals surface area contributed by atoms with E-state index in [1.807, 2.05) is 24.3 Å². The Morgan fingerprint density at radius 3 is 2.18 bits per heavy atom. The van der Waals surface area contributed by atoms with Gasteiger partial charge in [0.05, 0.1) is 25.2 Å². The van der Waals surface area contributed by atoms with Gasteiger partial charge in [0.1, 0.15) is 0 Å². The van der Waals surface area contributed by atoms with Crippen molar-refractivity contribution in [2.45, 2.75) is 44.6 Å². The van der Waals surface area contributed by atoms with Crippen LogP contribution in [0.2, 0.25) is 0 Å². The maximum Gasteiger partial charge on any atom is 0.292 e. The van der Waals surface area contributed by atoms with Gasteiger partial charge in [-0.05, 0) is 72.5 Å². The van der Waals surface area contributed by atoms with Crippen LogP contribution in [0.4, 0.5) is 5.69 Å². The van der Waals surface area contributed by atoms with Crippen LogP contribution in [0.1, 0.15) is 38.5 Å². The average Bonchev–Trinajstić information content (AvgIpc) is 2.75. The second-order valence-corrected chi connectivity index (χ2v) is 7.47. The first-order valence-electron chi connectivity index (χ1n) is 8.14. The van der Waals surface area contributed by atoms with E-state index < -0.39 is 0 Å². The number of benzene rings is 1. The van der Waals surface area contributed by atoms with Crippen LogP contribution in [0.25, 0.3) is 0 Å². The molecular weight excluding hydrogens is 391 g/mol. The first kappa shape index (κ1) is 15.9. The van der Waals surface area contributed by atoms with Gasteiger partial charge >= 0.3 is 0 Å². The summed E-state index contributed by atoms with van der Waals surface area (Å²) in [6.45, 7) is 2.04. The third-order valence-electron chi connectivity index (χ3n) is 4.72. The Bertz CT molecular complexity index is 550. The SMILES string of the molecule is O=C1C[C@H]([NH+]2CCCCCCC2)C(=O)N1c1ccc(I)cc1. The van der Waals surface area contributed by atoms with E-state index in [2.05, 4.69) is 22.6 Å². The summed E-state index contributed by atoms with van der Waals surface area (Å²) in [4.78, 5) is 27.9. The molecule has 1 aromatic rings. The number of nitrogens with zero attached hydrogens (tertiary/aromatic N) is 1. The number of halogens is 1. The van der Waals surface area contributed by atoms with Crippen LogP contribution in [0.5, 0.6) is 0 Å². The third-order valence-corrected chi connectivity index (χ3v) is 5.44. The van der Waals surface area contributed by atoms with Crippen molar-refractivity contribution in [3.8, 4) is 0 Å². The summed E-state index contributed by atoms with van der Waals surface area (Å²) < 4.78 is 1.10. The first-order chi connectivity index (χ1) is 10.7. The molecule has 1 atom stereocenters. The number of imide groups is 1. The number of nitrogens with one attached hydrogen (secondary N) is 1. The van der Waals surface area contributed by atoms with Gasteiger partial charge in [0.2, 0.25) is 5.91 Å². The Morgan fingerprint density at radius 1 is 0.955 bits per heavy atom. The second-order valence-electron chi connectivity index (χ2n) is 6.23. The Labute approximate surface area is 145 Å². The molecule has 2 aliphatic heterocycles. The first-order valence-corrected chi connectivity index (χ1v) is 9.21. The molecule has 3 rings (SSSR count). The lowest BCUT2D eigenvalue weighted by Crippen LogP contribution is -3.16. The number of hydrogen-bond acceptors (Lipinski definition) is 2. The van der Waals surface area contributed by atoms with E-state index in [0.29, 0.717) is 12.1 Å². The lowest BCUT2D eigenvalue weighted by Gasteiger charge is -2.26. The normalized spacial score (nSPS) is 24.4. The summed E-state index contributed by atoms with van der Waals surface area (Å²) in [5.74, 6) is -0.0625. The number of anilines is 1. The van der Waals surface area contributed by atoms with Crippen LogP contribution in [-0.4, -0.2) is 30.9 Å². The maximum atomic E-state index is 12.8. The molecule has 2 amide bonds. The fraction of sp³-hybridized carbons (Fsp3) is 0.529. The highest BCUT2D eigenvalue weighted by Crippen LogP contribution is 2.23. The molecule has 2 saturated heterocycles. The van der Waals surface area contributed by atoms with Crippen LogP contribution in [0.15, 0.2) is 24.3 Å². The lowest BCUT2D eigenvalue weighted by molar-refractivity contribution is -0.915. The minimum absolute atomic E-state index is 0.0122. The molecule has 22 heavy (non-hydrogen) atoms. The van der Waals surface area contributed by atoms with Crippen molar-refractivity contribution in [3.05, 3.63) is 27.8 Å². The van der Waals surface area contributed by atoms with Crippen molar-refractivity contribution in [2.24, 2.45) is 0 Å². The highest BCUT2D eigenvalue weighted by atomic mass is 127. The zero-order valence-corrected chi connectivity index (χ0v) is 14.8. The molecule has 2 fully saturated rings. The number of carbonyl (C=O) groups excluding carboxylic acids is 2. The number of amides is 2. The average molecular weight is 413 g/mol. The van der Waals surface area contributed by atoms with Crippen molar-refractivity contribution < 1.29 is 14.5 Å². The number of likely N-dealkylation sites (tertiary alicyclic amines) is 1. The summed E-state index contributed by atoms with van der Waals surface area (Å²) >= 11 is 2.22. The Balaban J connectivity index is 1.76. The number of hydrogen-bond donors (Lipinski definition) is 1. The predicted octanol–water partition coefficient (Wildman–Crippen LogP) is 1.77. The fourth-order valence-corrected chi connectivity index (χ4v) is 3.88. The Hall–Kier alpha value is -0.950. The van der Waals surface area contributed by atoms with E-state index >= 15 is 0 Å². The summed E-state index contributed by atoms with van der Waals surface area (Å²) in [6, 6.07) is 7.43. The topological polar surface area (TPSA) is 41.8 Å². The van der Waals surface area contributed by atoms with Crippen LogP contribution in [0, 0.1) is 3.57 Å². The van der Waals surface area contributed by atoms with E-state index in [4.69, 9.17) is 0 Å². The van der Waals surface area contributed by atoms with Crippen molar-refractivity contribution >= 4 is 40.1 Å². The summed E-state index contributed by atoms with van der Waals surface area (Å²) in [6.07, 6.45) is 6.49. The number of carbonyl (C=O) groups is 2. The van der Waals surface area contributed by atoms with Crippen molar-refractivity contribution in [1.82, 2.24) is 0 Å². The molecule has 0 unspecified atom stereocenters. The van der Waals surface area contributed by atoms with Gasteiger partial charge in [-0.2, -0.15) is 0 Å². The highest BCUT2D eigenvalue weighted by Gasteiger charge is 2.45. The van der Waals surface area contributed by atoms with Gasteiger partial charge < -0.3 is 4.90 Å². The molecule has 5 heteroatoms. The third kappa shape index (κ3) is 3.35. The largest absolute Gasteiger partial charge is 0.324 e. The molecule has 2 aliphatic rings. The van der Waals surface area contributed by atoms with Gasteiger partial charge in [0, 0.05) is 3.57 Å². The monoisotopic (exact) mass is 413 g/mol. The van der Waals surface area contributed by atoms with Crippen LogP contribution in [0.3, 0.4) is 0 Å². The van der Waals surface area contributed by atoms with Gasteiger partial charge in [-0.15, -0.1) is 0 Å². The molecular formula is C17H22IN2O2+. The van der Waals surface area contributed by atoms with Crippen molar-refractivity contribution in [2.75, 3.05) is 18.0 Å². The van der Waals surface area contributed by atoms with Gasteiger partial charge in [0.25, 0.3) is 5.91 Å².